The molecular weight excluding hydrogens is 255 g/mol. The Morgan fingerprint density at radius 1 is 1.20 bits per heavy atom. The maximum Gasteiger partial charge on any atom is 0.142 e. The number of nitrogen functional groups attached to an aromatic ring is 1. The first-order valence-corrected chi connectivity index (χ1v) is 6.75. The highest BCUT2D eigenvalue weighted by atomic mass is 19.1. The van der Waals surface area contributed by atoms with Gasteiger partial charge in [0.05, 0.1) is 12.3 Å². The second kappa shape index (κ2) is 5.41. The molecule has 0 unspecified atom stereocenters. The predicted molar refractivity (Wildman–Crippen MR) is 78.4 cm³/mol. The monoisotopic (exact) mass is 272 g/mol. The van der Waals surface area contributed by atoms with Crippen LogP contribution in [-0.2, 0) is 6.54 Å². The molecule has 2 N–H and O–H groups in total. The van der Waals surface area contributed by atoms with Crippen molar-refractivity contribution in [1.82, 2.24) is 0 Å². The molecular formula is C16H17FN2O. The smallest absolute Gasteiger partial charge is 0.142 e. The summed E-state index contributed by atoms with van der Waals surface area (Å²) >= 11 is 0. The van der Waals surface area contributed by atoms with E-state index in [2.05, 4.69) is 4.90 Å². The van der Waals surface area contributed by atoms with Crippen LogP contribution >= 0.6 is 0 Å². The first kappa shape index (κ1) is 12.8. The molecule has 104 valence electrons. The van der Waals surface area contributed by atoms with E-state index in [0.29, 0.717) is 24.4 Å². The van der Waals surface area contributed by atoms with Crippen molar-refractivity contribution >= 4 is 11.4 Å². The fourth-order valence-electron chi connectivity index (χ4n) is 2.46. The third kappa shape index (κ3) is 2.54. The zero-order valence-corrected chi connectivity index (χ0v) is 11.2. The van der Waals surface area contributed by atoms with Gasteiger partial charge in [0.2, 0.25) is 0 Å². The number of nitrogens with zero attached hydrogens (tertiary/aromatic N) is 1. The first-order valence-electron chi connectivity index (χ1n) is 6.75. The Balaban J connectivity index is 1.90. The normalized spacial score (nSPS) is 14.3. The van der Waals surface area contributed by atoms with E-state index in [0.717, 1.165) is 24.4 Å². The van der Waals surface area contributed by atoms with Gasteiger partial charge in [0.1, 0.15) is 11.6 Å². The summed E-state index contributed by atoms with van der Waals surface area (Å²) in [5.74, 6) is 0.605. The Hall–Kier alpha value is -2.23. The molecule has 3 rings (SSSR count). The molecule has 0 bridgehead atoms. The molecule has 0 saturated heterocycles. The van der Waals surface area contributed by atoms with Crippen molar-refractivity contribution in [2.45, 2.75) is 13.0 Å². The van der Waals surface area contributed by atoms with Crippen LogP contribution in [0, 0.1) is 5.82 Å². The van der Waals surface area contributed by atoms with E-state index in [1.165, 1.54) is 6.07 Å². The lowest BCUT2D eigenvalue weighted by Gasteiger charge is -2.24. The lowest BCUT2D eigenvalue weighted by molar-refractivity contribution is 0.322. The predicted octanol–water partition coefficient (Wildman–Crippen LogP) is 3.20. The minimum absolute atomic E-state index is 0.257. The molecule has 4 heteroatoms. The van der Waals surface area contributed by atoms with Crippen molar-refractivity contribution in [2.75, 3.05) is 23.8 Å². The van der Waals surface area contributed by atoms with Crippen LogP contribution in [0.2, 0.25) is 0 Å². The highest BCUT2D eigenvalue weighted by Crippen LogP contribution is 2.31. The van der Waals surface area contributed by atoms with E-state index in [4.69, 9.17) is 10.5 Å². The summed E-state index contributed by atoms with van der Waals surface area (Å²) in [4.78, 5) is 2.15. The molecule has 0 atom stereocenters. The van der Waals surface area contributed by atoms with Gasteiger partial charge < -0.3 is 15.4 Å². The van der Waals surface area contributed by atoms with E-state index in [9.17, 15) is 4.39 Å². The van der Waals surface area contributed by atoms with E-state index in [1.54, 1.807) is 12.1 Å². The Morgan fingerprint density at radius 3 is 2.90 bits per heavy atom. The zero-order chi connectivity index (χ0) is 13.9. The number of rotatable bonds is 2. The van der Waals surface area contributed by atoms with Gasteiger partial charge in [-0.25, -0.2) is 4.39 Å². The minimum atomic E-state index is -0.257. The molecule has 1 aliphatic heterocycles. The van der Waals surface area contributed by atoms with Crippen molar-refractivity contribution in [3.63, 3.8) is 0 Å². The van der Waals surface area contributed by atoms with Crippen LogP contribution in [0.15, 0.2) is 42.5 Å². The SMILES string of the molecule is Nc1ccc(CN2CCCOc3ccccc32)c(F)c1. The van der Waals surface area contributed by atoms with Crippen LogP contribution in [0.1, 0.15) is 12.0 Å². The third-order valence-electron chi connectivity index (χ3n) is 3.47. The van der Waals surface area contributed by atoms with Gasteiger partial charge in [-0.05, 0) is 30.7 Å². The fraction of sp³-hybridized carbons (Fsp3) is 0.250. The lowest BCUT2D eigenvalue weighted by Crippen LogP contribution is -2.23. The van der Waals surface area contributed by atoms with Crippen molar-refractivity contribution in [2.24, 2.45) is 0 Å². The molecule has 1 heterocycles. The van der Waals surface area contributed by atoms with Crippen molar-refractivity contribution < 1.29 is 9.13 Å². The van der Waals surface area contributed by atoms with Crippen molar-refractivity contribution in [3.05, 3.63) is 53.8 Å². The minimum Gasteiger partial charge on any atom is -0.491 e. The summed E-state index contributed by atoms with van der Waals surface area (Å²) < 4.78 is 19.7. The Kier molecular flexibility index (Phi) is 3.46. The quantitative estimate of drug-likeness (QED) is 0.853. The van der Waals surface area contributed by atoms with E-state index >= 15 is 0 Å². The van der Waals surface area contributed by atoms with Crippen LogP contribution in [0.25, 0.3) is 0 Å². The fourth-order valence-corrected chi connectivity index (χ4v) is 2.46. The highest BCUT2D eigenvalue weighted by molar-refractivity contribution is 5.59. The molecule has 0 fully saturated rings. The summed E-state index contributed by atoms with van der Waals surface area (Å²) in [6, 6.07) is 12.7. The van der Waals surface area contributed by atoms with E-state index in [1.807, 2.05) is 24.3 Å². The molecule has 0 saturated carbocycles. The Bertz CT molecular complexity index is 615. The summed E-state index contributed by atoms with van der Waals surface area (Å²) in [5, 5.41) is 0. The Labute approximate surface area is 117 Å². The molecule has 2 aromatic rings. The second-order valence-electron chi connectivity index (χ2n) is 4.94. The van der Waals surface area contributed by atoms with Crippen LogP contribution in [0.4, 0.5) is 15.8 Å². The summed E-state index contributed by atoms with van der Waals surface area (Å²) in [6.45, 7) is 2.06. The average molecular weight is 272 g/mol. The van der Waals surface area contributed by atoms with Crippen LogP contribution in [-0.4, -0.2) is 13.2 Å². The van der Waals surface area contributed by atoms with Crippen LogP contribution in [0.5, 0.6) is 5.75 Å². The zero-order valence-electron chi connectivity index (χ0n) is 11.2. The summed E-state index contributed by atoms with van der Waals surface area (Å²) in [6.07, 6.45) is 0.922. The number of hydrogen-bond donors (Lipinski definition) is 1. The largest absolute Gasteiger partial charge is 0.491 e. The first-order chi connectivity index (χ1) is 9.74. The molecule has 0 aromatic heterocycles. The maximum absolute atomic E-state index is 13.9. The third-order valence-corrected chi connectivity index (χ3v) is 3.47. The number of fused-ring (bicyclic) bond motifs is 1. The number of anilines is 2. The van der Waals surface area contributed by atoms with Gasteiger partial charge in [0, 0.05) is 24.3 Å². The highest BCUT2D eigenvalue weighted by Gasteiger charge is 2.17. The summed E-state index contributed by atoms with van der Waals surface area (Å²) in [5.41, 5.74) is 7.70. The molecule has 0 radical (unpaired) electrons. The number of benzene rings is 2. The Morgan fingerprint density at radius 2 is 2.05 bits per heavy atom. The number of nitrogens with two attached hydrogens (primary N) is 1. The topological polar surface area (TPSA) is 38.5 Å². The summed E-state index contributed by atoms with van der Waals surface area (Å²) in [7, 11) is 0. The number of hydrogen-bond acceptors (Lipinski definition) is 3. The van der Waals surface area contributed by atoms with Gasteiger partial charge in [-0.3, -0.25) is 0 Å². The van der Waals surface area contributed by atoms with Gasteiger partial charge in [0.15, 0.2) is 0 Å². The van der Waals surface area contributed by atoms with Gasteiger partial charge in [-0.15, -0.1) is 0 Å². The number of ether oxygens (including phenoxy) is 1. The molecule has 0 spiro atoms. The second-order valence-corrected chi connectivity index (χ2v) is 4.94. The molecule has 2 aromatic carbocycles. The van der Waals surface area contributed by atoms with Gasteiger partial charge in [0.25, 0.3) is 0 Å². The molecule has 20 heavy (non-hydrogen) atoms. The maximum atomic E-state index is 13.9. The van der Waals surface area contributed by atoms with Gasteiger partial charge in [-0.2, -0.15) is 0 Å². The molecule has 0 amide bonds. The van der Waals surface area contributed by atoms with Gasteiger partial charge in [-0.1, -0.05) is 18.2 Å². The van der Waals surface area contributed by atoms with Crippen molar-refractivity contribution in [1.29, 1.82) is 0 Å². The number of halogens is 1. The van der Waals surface area contributed by atoms with E-state index in [-0.39, 0.29) is 5.82 Å². The van der Waals surface area contributed by atoms with E-state index < -0.39 is 0 Å². The molecule has 1 aliphatic rings. The number of para-hydroxylation sites is 2. The molecule has 3 nitrogen and oxygen atoms in total. The molecule has 0 aliphatic carbocycles. The van der Waals surface area contributed by atoms with Crippen LogP contribution in [0.3, 0.4) is 0 Å². The van der Waals surface area contributed by atoms with Crippen LogP contribution < -0.4 is 15.4 Å². The lowest BCUT2D eigenvalue weighted by atomic mass is 10.1. The average Bonchev–Trinajstić information content (AvgIpc) is 2.65. The standard InChI is InChI=1S/C16H17FN2O/c17-14-10-13(18)7-6-12(14)11-19-8-3-9-20-16-5-2-1-4-15(16)19/h1-2,4-7,10H,3,8-9,11,18H2. The van der Waals surface area contributed by atoms with Gasteiger partial charge >= 0.3 is 0 Å². The van der Waals surface area contributed by atoms with Crippen molar-refractivity contribution in [3.8, 4) is 5.75 Å².